The third-order valence-electron chi connectivity index (χ3n) is 2.97. The molecule has 0 spiro atoms. The van der Waals surface area contributed by atoms with Gasteiger partial charge in [-0.3, -0.25) is 19.7 Å². The lowest BCUT2D eigenvalue weighted by Crippen LogP contribution is -2.25. The van der Waals surface area contributed by atoms with Gasteiger partial charge in [0.25, 0.3) is 11.8 Å². The molecule has 20 heavy (non-hydrogen) atoms. The molecule has 2 aliphatic rings. The first-order valence-corrected chi connectivity index (χ1v) is 6.92. The van der Waals surface area contributed by atoms with E-state index in [2.05, 4.69) is 20.5 Å². The molecule has 2 amide bonds. The zero-order valence-corrected chi connectivity index (χ0v) is 11.1. The minimum atomic E-state index is -0.829. The van der Waals surface area contributed by atoms with E-state index in [0.29, 0.717) is 16.4 Å². The Kier molecular flexibility index (Phi) is 3.23. The quantitative estimate of drug-likeness (QED) is 0.892. The lowest BCUT2D eigenvalue weighted by Gasteiger charge is -2.07. The van der Waals surface area contributed by atoms with Crippen LogP contribution >= 0.6 is 11.3 Å². The SMILES string of the molecule is O=C1C=CC(C(=O)Nc2nc3c(s2)C(=O)CCC3)N=N1. The van der Waals surface area contributed by atoms with Crippen LogP contribution in [-0.2, 0) is 16.0 Å². The largest absolute Gasteiger partial charge is 0.300 e. The van der Waals surface area contributed by atoms with E-state index in [4.69, 9.17) is 0 Å². The van der Waals surface area contributed by atoms with Gasteiger partial charge in [-0.1, -0.05) is 11.3 Å². The molecule has 1 aliphatic heterocycles. The van der Waals surface area contributed by atoms with Crippen LogP contribution in [0.2, 0.25) is 0 Å². The van der Waals surface area contributed by atoms with Gasteiger partial charge in [0.05, 0.1) is 10.6 Å². The van der Waals surface area contributed by atoms with Gasteiger partial charge in [0.1, 0.15) is 0 Å². The summed E-state index contributed by atoms with van der Waals surface area (Å²) < 4.78 is 0. The number of thiazole rings is 1. The normalized spacial score (nSPS) is 20.9. The summed E-state index contributed by atoms with van der Waals surface area (Å²) in [6.45, 7) is 0. The topological polar surface area (TPSA) is 101 Å². The van der Waals surface area contributed by atoms with E-state index in [9.17, 15) is 14.4 Å². The van der Waals surface area contributed by atoms with Crippen LogP contribution in [0.1, 0.15) is 28.2 Å². The number of rotatable bonds is 2. The monoisotopic (exact) mass is 290 g/mol. The number of hydrogen-bond acceptors (Lipinski definition) is 6. The number of carbonyl (C=O) groups excluding carboxylic acids is 3. The van der Waals surface area contributed by atoms with Gasteiger partial charge in [0.15, 0.2) is 17.0 Å². The van der Waals surface area contributed by atoms with Crippen LogP contribution < -0.4 is 5.32 Å². The Hall–Kier alpha value is -2.22. The second-order valence-electron chi connectivity index (χ2n) is 4.42. The van der Waals surface area contributed by atoms with Crippen molar-refractivity contribution in [2.24, 2.45) is 10.2 Å². The number of aryl methyl sites for hydroxylation is 1. The van der Waals surface area contributed by atoms with E-state index < -0.39 is 17.9 Å². The molecule has 0 fully saturated rings. The summed E-state index contributed by atoms with van der Waals surface area (Å²) >= 11 is 1.18. The maximum absolute atomic E-state index is 11.9. The smallest absolute Gasteiger partial charge is 0.287 e. The number of nitrogens with one attached hydrogen (secondary N) is 1. The minimum Gasteiger partial charge on any atom is -0.300 e. The van der Waals surface area contributed by atoms with Crippen molar-refractivity contribution in [3.63, 3.8) is 0 Å². The minimum absolute atomic E-state index is 0.0760. The first-order chi connectivity index (χ1) is 9.63. The molecule has 0 bridgehead atoms. The molecule has 0 saturated carbocycles. The summed E-state index contributed by atoms with van der Waals surface area (Å²) in [5.74, 6) is -0.826. The molecule has 1 aliphatic carbocycles. The number of Topliss-reactive ketones (excluding diaryl/α,β-unsaturated/α-hetero) is 1. The first kappa shape index (κ1) is 12.8. The molecule has 0 radical (unpaired) electrons. The molecule has 1 aromatic rings. The van der Waals surface area contributed by atoms with Crippen molar-refractivity contribution >= 4 is 34.1 Å². The number of amides is 2. The molecule has 8 heteroatoms. The van der Waals surface area contributed by atoms with Gasteiger partial charge >= 0.3 is 0 Å². The fourth-order valence-electron chi connectivity index (χ4n) is 2.01. The van der Waals surface area contributed by atoms with Crippen molar-refractivity contribution in [1.29, 1.82) is 0 Å². The van der Waals surface area contributed by atoms with E-state index in [1.807, 2.05) is 0 Å². The van der Waals surface area contributed by atoms with Crippen LogP contribution in [-0.4, -0.2) is 28.6 Å². The lowest BCUT2D eigenvalue weighted by molar-refractivity contribution is -0.117. The van der Waals surface area contributed by atoms with Crippen LogP contribution in [0, 0.1) is 0 Å². The molecule has 1 aromatic heterocycles. The Balaban J connectivity index is 1.74. The van der Waals surface area contributed by atoms with Crippen molar-refractivity contribution in [3.05, 3.63) is 22.7 Å². The van der Waals surface area contributed by atoms with Crippen molar-refractivity contribution < 1.29 is 14.4 Å². The van der Waals surface area contributed by atoms with Gasteiger partial charge in [-0.05, 0) is 18.9 Å². The number of hydrogen-bond donors (Lipinski definition) is 1. The Bertz CT molecular complexity index is 646. The highest BCUT2D eigenvalue weighted by Gasteiger charge is 2.24. The van der Waals surface area contributed by atoms with Crippen molar-refractivity contribution in [2.45, 2.75) is 25.3 Å². The number of anilines is 1. The third kappa shape index (κ3) is 2.42. The highest BCUT2D eigenvalue weighted by molar-refractivity contribution is 7.17. The molecule has 1 unspecified atom stereocenters. The summed E-state index contributed by atoms with van der Waals surface area (Å²) in [6, 6.07) is -0.829. The first-order valence-electron chi connectivity index (χ1n) is 6.10. The van der Waals surface area contributed by atoms with Crippen molar-refractivity contribution in [3.8, 4) is 0 Å². The molecule has 102 valence electrons. The Labute approximate surface area is 117 Å². The predicted molar refractivity (Wildman–Crippen MR) is 70.8 cm³/mol. The number of nitrogens with zero attached hydrogens (tertiary/aromatic N) is 3. The summed E-state index contributed by atoms with van der Waals surface area (Å²) in [5, 5.41) is 9.90. The van der Waals surface area contributed by atoms with Gasteiger partial charge in [-0.25, -0.2) is 4.98 Å². The highest BCUT2D eigenvalue weighted by atomic mass is 32.1. The highest BCUT2D eigenvalue weighted by Crippen LogP contribution is 2.29. The average Bonchev–Trinajstić information content (AvgIpc) is 2.83. The van der Waals surface area contributed by atoms with E-state index in [0.717, 1.165) is 18.5 Å². The van der Waals surface area contributed by atoms with E-state index >= 15 is 0 Å². The summed E-state index contributed by atoms with van der Waals surface area (Å²) in [5.41, 5.74) is 0.748. The maximum atomic E-state index is 11.9. The summed E-state index contributed by atoms with van der Waals surface area (Å²) in [6.07, 6.45) is 4.66. The Morgan fingerprint density at radius 1 is 1.35 bits per heavy atom. The van der Waals surface area contributed by atoms with Crippen LogP contribution in [0.5, 0.6) is 0 Å². The van der Waals surface area contributed by atoms with Gasteiger partial charge < -0.3 is 0 Å². The van der Waals surface area contributed by atoms with E-state index in [-0.39, 0.29) is 5.78 Å². The number of carbonyl (C=O) groups is 3. The predicted octanol–water partition coefficient (Wildman–Crippen LogP) is 1.52. The molecule has 0 saturated heterocycles. The molecular weight excluding hydrogens is 280 g/mol. The Morgan fingerprint density at radius 3 is 2.90 bits per heavy atom. The number of aromatic nitrogens is 1. The van der Waals surface area contributed by atoms with Crippen LogP contribution in [0.4, 0.5) is 5.13 Å². The van der Waals surface area contributed by atoms with E-state index in [1.54, 1.807) is 0 Å². The molecule has 2 heterocycles. The molecule has 0 aromatic carbocycles. The second-order valence-corrected chi connectivity index (χ2v) is 5.42. The van der Waals surface area contributed by atoms with Crippen LogP contribution in [0.25, 0.3) is 0 Å². The number of azo groups is 1. The average molecular weight is 290 g/mol. The molecule has 1 N–H and O–H groups in total. The number of ketones is 1. The van der Waals surface area contributed by atoms with E-state index in [1.165, 1.54) is 23.5 Å². The standard InChI is InChI=1S/C12H10N4O3S/c17-8-3-1-2-6-10(8)20-12(13-6)14-11(19)7-4-5-9(18)16-15-7/h4-5,7H,1-3H2,(H,13,14,19). The zero-order chi connectivity index (χ0) is 14.1. The van der Waals surface area contributed by atoms with Gasteiger partial charge in [-0.15, -0.1) is 5.11 Å². The van der Waals surface area contributed by atoms with Crippen molar-refractivity contribution in [2.75, 3.05) is 5.32 Å². The fourth-order valence-corrected chi connectivity index (χ4v) is 2.99. The summed E-state index contributed by atoms with van der Waals surface area (Å²) in [7, 11) is 0. The lowest BCUT2D eigenvalue weighted by atomic mass is 10.0. The van der Waals surface area contributed by atoms with Gasteiger partial charge in [0.2, 0.25) is 0 Å². The zero-order valence-electron chi connectivity index (χ0n) is 10.3. The Morgan fingerprint density at radius 2 is 2.20 bits per heavy atom. The number of fused-ring (bicyclic) bond motifs is 1. The maximum Gasteiger partial charge on any atom is 0.287 e. The summed E-state index contributed by atoms with van der Waals surface area (Å²) in [4.78, 5) is 39.3. The van der Waals surface area contributed by atoms with Gasteiger partial charge in [0, 0.05) is 12.5 Å². The van der Waals surface area contributed by atoms with Crippen LogP contribution in [0.15, 0.2) is 22.4 Å². The second kappa shape index (κ2) is 5.04. The molecule has 1 atom stereocenters. The molecule has 7 nitrogen and oxygen atoms in total. The van der Waals surface area contributed by atoms with Crippen LogP contribution in [0.3, 0.4) is 0 Å². The molecular formula is C12H10N4O3S. The van der Waals surface area contributed by atoms with Crippen molar-refractivity contribution in [1.82, 2.24) is 4.98 Å². The van der Waals surface area contributed by atoms with Gasteiger partial charge in [-0.2, -0.15) is 5.11 Å². The molecule has 3 rings (SSSR count). The third-order valence-corrected chi connectivity index (χ3v) is 4.02. The fraction of sp³-hybridized carbons (Fsp3) is 0.333.